The summed E-state index contributed by atoms with van der Waals surface area (Å²) in [5.41, 5.74) is 1.63. The van der Waals surface area contributed by atoms with Gasteiger partial charge in [0.2, 0.25) is 11.8 Å². The van der Waals surface area contributed by atoms with E-state index < -0.39 is 0 Å². The van der Waals surface area contributed by atoms with E-state index in [1.165, 1.54) is 6.20 Å². The second kappa shape index (κ2) is 5.99. The molecule has 9 heteroatoms. The summed E-state index contributed by atoms with van der Waals surface area (Å²) >= 11 is 0. The van der Waals surface area contributed by atoms with Gasteiger partial charge in [-0.2, -0.15) is 4.52 Å². The van der Waals surface area contributed by atoms with Gasteiger partial charge in [-0.1, -0.05) is 12.1 Å². The van der Waals surface area contributed by atoms with Gasteiger partial charge in [-0.25, -0.2) is 9.97 Å². The van der Waals surface area contributed by atoms with Gasteiger partial charge in [0.25, 0.3) is 5.91 Å². The number of rotatable bonds is 3. The Kier molecular flexibility index (Phi) is 3.36. The Morgan fingerprint density at radius 1 is 1.07 bits per heavy atom. The number of nitrogens with one attached hydrogen (secondary N) is 3. The van der Waals surface area contributed by atoms with Gasteiger partial charge in [-0.3, -0.25) is 4.79 Å². The Morgan fingerprint density at radius 3 is 2.89 bits per heavy atom. The number of anilines is 1. The molecule has 0 unspecified atom stereocenters. The summed E-state index contributed by atoms with van der Waals surface area (Å²) in [5, 5.41) is 13.9. The van der Waals surface area contributed by atoms with Crippen LogP contribution in [-0.4, -0.2) is 25.5 Å². The first-order chi connectivity index (χ1) is 13.3. The number of para-hydroxylation sites is 1. The van der Waals surface area contributed by atoms with Crippen molar-refractivity contribution in [1.29, 1.82) is 0 Å². The highest BCUT2D eigenvalue weighted by molar-refractivity contribution is 5.98. The lowest BCUT2D eigenvalue weighted by Crippen LogP contribution is -2.24. The van der Waals surface area contributed by atoms with E-state index in [0.29, 0.717) is 28.9 Å². The minimum Gasteiger partial charge on any atom is -0.461 e. The molecule has 3 aromatic heterocycles. The van der Waals surface area contributed by atoms with E-state index in [-0.39, 0.29) is 5.91 Å². The van der Waals surface area contributed by atoms with Crippen LogP contribution < -0.4 is 16.0 Å². The molecule has 0 bridgehead atoms. The second-order valence-corrected chi connectivity index (χ2v) is 5.76. The van der Waals surface area contributed by atoms with Crippen LogP contribution >= 0.6 is 0 Å². The first kappa shape index (κ1) is 15.1. The summed E-state index contributed by atoms with van der Waals surface area (Å²) in [7, 11) is 0. The molecule has 4 aromatic rings. The van der Waals surface area contributed by atoms with Gasteiger partial charge in [0, 0.05) is 24.0 Å². The van der Waals surface area contributed by atoms with Gasteiger partial charge in [-0.15, -0.1) is 5.10 Å². The molecular weight excluding hydrogens is 346 g/mol. The number of benzene rings is 1. The smallest absolute Gasteiger partial charge is 0.273 e. The SMILES string of the molecule is O=C1NC=CNC=C1Nc1nc2ccccc2c2nc(-c3ccco3)nn12. The monoisotopic (exact) mass is 359 g/mol. The lowest BCUT2D eigenvalue weighted by atomic mass is 10.2. The van der Waals surface area contributed by atoms with Crippen LogP contribution in [0.2, 0.25) is 0 Å². The minimum absolute atomic E-state index is 0.291. The molecular formula is C18H13N7O2. The minimum atomic E-state index is -0.300. The first-order valence-electron chi connectivity index (χ1n) is 8.18. The van der Waals surface area contributed by atoms with Crippen LogP contribution in [-0.2, 0) is 4.79 Å². The lowest BCUT2D eigenvalue weighted by molar-refractivity contribution is -0.116. The largest absolute Gasteiger partial charge is 0.461 e. The third-order valence-electron chi connectivity index (χ3n) is 4.03. The Bertz CT molecular complexity index is 1220. The molecule has 4 heterocycles. The number of hydrogen-bond acceptors (Lipinski definition) is 7. The predicted octanol–water partition coefficient (Wildman–Crippen LogP) is 1.98. The Labute approximate surface area is 152 Å². The second-order valence-electron chi connectivity index (χ2n) is 5.76. The summed E-state index contributed by atoms with van der Waals surface area (Å²) in [4.78, 5) is 21.4. The molecule has 1 aliphatic rings. The van der Waals surface area contributed by atoms with Gasteiger partial charge in [-0.05, 0) is 24.3 Å². The van der Waals surface area contributed by atoms with Crippen molar-refractivity contribution in [2.24, 2.45) is 0 Å². The normalized spacial score (nSPS) is 13.9. The number of fused-ring (bicyclic) bond motifs is 3. The fourth-order valence-corrected chi connectivity index (χ4v) is 2.80. The first-order valence-corrected chi connectivity index (χ1v) is 8.18. The number of amides is 1. The van der Waals surface area contributed by atoms with Crippen LogP contribution in [0.25, 0.3) is 28.1 Å². The van der Waals surface area contributed by atoms with Gasteiger partial charge < -0.3 is 20.4 Å². The lowest BCUT2D eigenvalue weighted by Gasteiger charge is -2.10. The van der Waals surface area contributed by atoms with Crippen molar-refractivity contribution in [1.82, 2.24) is 30.2 Å². The van der Waals surface area contributed by atoms with E-state index in [1.807, 2.05) is 24.3 Å². The predicted molar refractivity (Wildman–Crippen MR) is 98.1 cm³/mol. The number of carbonyl (C=O) groups is 1. The van der Waals surface area contributed by atoms with Crippen molar-refractivity contribution in [2.75, 3.05) is 5.32 Å². The topological polar surface area (TPSA) is 109 Å². The average Bonchev–Trinajstić information content (AvgIpc) is 3.32. The Balaban J connectivity index is 1.70. The molecule has 9 nitrogen and oxygen atoms in total. The van der Waals surface area contributed by atoms with Crippen LogP contribution in [0.1, 0.15) is 0 Å². The standard InChI is InChI=1S/C18H13N7O2/c26-17-13(10-19-7-8-20-17)22-18-21-12-5-2-1-4-11(12)16-23-15(24-25(16)18)14-6-3-9-27-14/h1-10,19H,(H,20,26)(H,21,22). The molecule has 132 valence electrons. The zero-order chi connectivity index (χ0) is 18.2. The van der Waals surface area contributed by atoms with Crippen molar-refractivity contribution in [3.8, 4) is 11.6 Å². The van der Waals surface area contributed by atoms with Gasteiger partial charge in [0.1, 0.15) is 5.70 Å². The zero-order valence-corrected chi connectivity index (χ0v) is 13.9. The maximum atomic E-state index is 12.2. The number of carbonyl (C=O) groups excluding carboxylic acids is 1. The summed E-state index contributed by atoms with van der Waals surface area (Å²) in [6.45, 7) is 0. The number of aromatic nitrogens is 4. The van der Waals surface area contributed by atoms with Crippen molar-refractivity contribution in [2.45, 2.75) is 0 Å². The zero-order valence-electron chi connectivity index (χ0n) is 13.9. The van der Waals surface area contributed by atoms with Crippen molar-refractivity contribution in [3.63, 3.8) is 0 Å². The highest BCUT2D eigenvalue weighted by Gasteiger charge is 2.18. The molecule has 1 aromatic carbocycles. The number of furan rings is 1. The van der Waals surface area contributed by atoms with Gasteiger partial charge in [0.15, 0.2) is 11.4 Å². The van der Waals surface area contributed by atoms with Crippen molar-refractivity contribution < 1.29 is 9.21 Å². The van der Waals surface area contributed by atoms with E-state index in [9.17, 15) is 4.79 Å². The number of hydrogen-bond donors (Lipinski definition) is 3. The van der Waals surface area contributed by atoms with E-state index in [4.69, 9.17) is 4.42 Å². The third-order valence-corrected chi connectivity index (χ3v) is 4.03. The molecule has 0 fully saturated rings. The van der Waals surface area contributed by atoms with Crippen LogP contribution in [0, 0.1) is 0 Å². The molecule has 0 aliphatic carbocycles. The van der Waals surface area contributed by atoms with Gasteiger partial charge in [0.05, 0.1) is 11.8 Å². The third kappa shape index (κ3) is 2.58. The molecule has 1 aliphatic heterocycles. The van der Waals surface area contributed by atoms with E-state index in [1.54, 1.807) is 35.3 Å². The fourth-order valence-electron chi connectivity index (χ4n) is 2.80. The highest BCUT2D eigenvalue weighted by atomic mass is 16.3. The maximum Gasteiger partial charge on any atom is 0.273 e. The fraction of sp³-hybridized carbons (Fsp3) is 0. The van der Waals surface area contributed by atoms with Crippen LogP contribution in [0.3, 0.4) is 0 Å². The Hall–Kier alpha value is -4.14. The summed E-state index contributed by atoms with van der Waals surface area (Å²) < 4.78 is 6.97. The van der Waals surface area contributed by atoms with Crippen molar-refractivity contribution in [3.05, 3.63) is 67.0 Å². The maximum absolute atomic E-state index is 12.2. The molecule has 5 rings (SSSR count). The molecule has 27 heavy (non-hydrogen) atoms. The molecule has 0 saturated carbocycles. The quantitative estimate of drug-likeness (QED) is 0.513. The van der Waals surface area contributed by atoms with E-state index in [0.717, 1.165) is 10.9 Å². The molecule has 1 amide bonds. The van der Waals surface area contributed by atoms with Gasteiger partial charge >= 0.3 is 0 Å². The number of nitrogens with zero attached hydrogens (tertiary/aromatic N) is 4. The molecule has 0 atom stereocenters. The Morgan fingerprint density at radius 2 is 2.00 bits per heavy atom. The van der Waals surface area contributed by atoms with Crippen molar-refractivity contribution >= 4 is 28.4 Å². The molecule has 3 N–H and O–H groups in total. The molecule has 0 radical (unpaired) electrons. The summed E-state index contributed by atoms with van der Waals surface area (Å²) in [5.74, 6) is 1.04. The summed E-state index contributed by atoms with van der Waals surface area (Å²) in [6.07, 6.45) is 6.24. The van der Waals surface area contributed by atoms with Crippen LogP contribution in [0.5, 0.6) is 0 Å². The van der Waals surface area contributed by atoms with Crippen LogP contribution in [0.15, 0.2) is 71.4 Å². The molecule has 0 saturated heterocycles. The van der Waals surface area contributed by atoms with E-state index in [2.05, 4.69) is 31.0 Å². The summed E-state index contributed by atoms with van der Waals surface area (Å²) in [6, 6.07) is 11.2. The van der Waals surface area contributed by atoms with Crippen LogP contribution in [0.4, 0.5) is 5.95 Å². The average molecular weight is 359 g/mol. The van der Waals surface area contributed by atoms with E-state index >= 15 is 0 Å². The molecule has 0 spiro atoms. The highest BCUT2D eigenvalue weighted by Crippen LogP contribution is 2.24.